The van der Waals surface area contributed by atoms with Crippen molar-refractivity contribution in [1.82, 2.24) is 9.69 Å². The quantitative estimate of drug-likeness (QED) is 0.810. The summed E-state index contributed by atoms with van der Waals surface area (Å²) in [6.45, 7) is 5.81. The third-order valence-electron chi connectivity index (χ3n) is 2.79. The molecule has 3 N–H and O–H groups in total. The summed E-state index contributed by atoms with van der Waals surface area (Å²) in [5.74, 6) is -0.409. The molecule has 1 aromatic carbocycles. The van der Waals surface area contributed by atoms with E-state index in [2.05, 4.69) is 21.6 Å². The van der Waals surface area contributed by atoms with Crippen LogP contribution < -0.4 is 16.2 Å². The number of hydrogen-bond donors (Lipinski definition) is 3. The second kappa shape index (κ2) is 5.75. The van der Waals surface area contributed by atoms with Gasteiger partial charge in [0.15, 0.2) is 0 Å². The van der Waals surface area contributed by atoms with Crippen LogP contribution in [0.3, 0.4) is 0 Å². The predicted molar refractivity (Wildman–Crippen MR) is 82.8 cm³/mol. The van der Waals surface area contributed by atoms with E-state index in [-0.39, 0.29) is 5.56 Å². The van der Waals surface area contributed by atoms with E-state index in [0.29, 0.717) is 5.00 Å². The van der Waals surface area contributed by atoms with Gasteiger partial charge in [-0.05, 0) is 36.2 Å². The van der Waals surface area contributed by atoms with E-state index in [1.165, 1.54) is 7.05 Å². The number of anilines is 2. The lowest BCUT2D eigenvalue weighted by molar-refractivity contribution is 0.0963. The zero-order valence-electron chi connectivity index (χ0n) is 11.2. The van der Waals surface area contributed by atoms with E-state index < -0.39 is 11.5 Å². The van der Waals surface area contributed by atoms with Gasteiger partial charge in [-0.1, -0.05) is 24.3 Å². The van der Waals surface area contributed by atoms with Crippen molar-refractivity contribution in [1.29, 1.82) is 0 Å². The molecule has 0 aliphatic heterocycles. The number of amides is 1. The molecule has 0 radical (unpaired) electrons. The normalized spacial score (nSPS) is 10.1. The summed E-state index contributed by atoms with van der Waals surface area (Å²) >= 11 is 1.10. The van der Waals surface area contributed by atoms with Crippen LogP contribution in [-0.2, 0) is 0 Å². The van der Waals surface area contributed by atoms with Crippen LogP contribution in [0.4, 0.5) is 10.7 Å². The van der Waals surface area contributed by atoms with Crippen molar-refractivity contribution >= 4 is 33.7 Å². The molecule has 0 saturated heterocycles. The maximum Gasteiger partial charge on any atom is 0.273 e. The van der Waals surface area contributed by atoms with Gasteiger partial charge < -0.3 is 10.6 Å². The van der Waals surface area contributed by atoms with Crippen molar-refractivity contribution < 1.29 is 4.79 Å². The van der Waals surface area contributed by atoms with Gasteiger partial charge in [-0.15, -0.1) is 0 Å². The van der Waals surface area contributed by atoms with E-state index in [0.717, 1.165) is 28.4 Å². The number of carbonyl (C=O) groups is 1. The first-order valence-electron chi connectivity index (χ1n) is 5.99. The van der Waals surface area contributed by atoms with Gasteiger partial charge >= 0.3 is 0 Å². The fourth-order valence-corrected chi connectivity index (χ4v) is 2.44. The molecule has 5 nitrogen and oxygen atoms in total. The number of H-pyrrole nitrogens is 1. The average Bonchev–Trinajstić information content (AvgIpc) is 2.79. The fraction of sp³-hybridized carbons (Fsp3) is 0.143. The largest absolute Gasteiger partial charge is 0.355 e. The number of carbonyl (C=O) groups excluding carboxylic acids is 1. The lowest BCUT2D eigenvalue weighted by Gasteiger charge is -2.06. The molecular formula is C14H15N3O2S. The summed E-state index contributed by atoms with van der Waals surface area (Å²) in [6, 6.07) is 7.61. The highest BCUT2D eigenvalue weighted by Gasteiger charge is 2.17. The number of benzene rings is 1. The molecule has 0 aliphatic carbocycles. The molecule has 2 aromatic rings. The Morgan fingerprint density at radius 3 is 2.50 bits per heavy atom. The Kier molecular flexibility index (Phi) is 4.05. The van der Waals surface area contributed by atoms with Crippen LogP contribution in [0.25, 0.3) is 5.57 Å². The molecule has 0 unspecified atom stereocenters. The SMILES string of the molecule is C=C(C)c1ccc(Nc2s[nH]c(=O)c2C(=O)NC)cc1. The number of rotatable bonds is 4. The first kappa shape index (κ1) is 14.1. The van der Waals surface area contributed by atoms with E-state index in [4.69, 9.17) is 0 Å². The lowest BCUT2D eigenvalue weighted by Crippen LogP contribution is -2.24. The minimum atomic E-state index is -0.409. The van der Waals surface area contributed by atoms with Gasteiger partial charge in [-0.25, -0.2) is 0 Å². The molecule has 6 heteroatoms. The molecule has 1 aromatic heterocycles. The maximum atomic E-state index is 11.7. The minimum absolute atomic E-state index is 0.0986. The number of hydrogen-bond acceptors (Lipinski definition) is 4. The summed E-state index contributed by atoms with van der Waals surface area (Å²) in [6.07, 6.45) is 0. The van der Waals surface area contributed by atoms with Crippen LogP contribution in [0.1, 0.15) is 22.8 Å². The molecule has 104 valence electrons. The standard InChI is InChI=1S/C14H15N3O2S/c1-8(2)9-4-6-10(7-5-9)16-14-11(12(18)15-3)13(19)17-20-14/h4-7,16H,1H2,2-3H3,(H,15,18)(H,17,19). The van der Waals surface area contributed by atoms with Crippen molar-refractivity contribution in [3.8, 4) is 0 Å². The number of nitrogens with one attached hydrogen (secondary N) is 3. The van der Waals surface area contributed by atoms with Crippen molar-refractivity contribution in [3.63, 3.8) is 0 Å². The first-order valence-corrected chi connectivity index (χ1v) is 6.81. The summed E-state index contributed by atoms with van der Waals surface area (Å²) < 4.78 is 2.55. The van der Waals surface area contributed by atoms with Gasteiger partial charge in [0.25, 0.3) is 11.5 Å². The zero-order chi connectivity index (χ0) is 14.7. The number of allylic oxidation sites excluding steroid dienone is 1. The van der Waals surface area contributed by atoms with Crippen LogP contribution in [0, 0.1) is 0 Å². The van der Waals surface area contributed by atoms with E-state index in [9.17, 15) is 9.59 Å². The van der Waals surface area contributed by atoms with Gasteiger partial charge in [0.2, 0.25) is 0 Å². The topological polar surface area (TPSA) is 74.0 Å². The molecule has 2 rings (SSSR count). The third kappa shape index (κ3) is 2.80. The summed E-state index contributed by atoms with van der Waals surface area (Å²) in [5, 5.41) is 6.02. The summed E-state index contributed by atoms with van der Waals surface area (Å²) in [5.41, 5.74) is 2.53. The molecule has 0 saturated carbocycles. The predicted octanol–water partition coefficient (Wildman–Crippen LogP) is 2.57. The van der Waals surface area contributed by atoms with Gasteiger partial charge in [0.05, 0.1) is 0 Å². The highest BCUT2D eigenvalue weighted by atomic mass is 32.1. The molecule has 0 fully saturated rings. The van der Waals surface area contributed by atoms with Gasteiger partial charge in [-0.3, -0.25) is 14.0 Å². The van der Waals surface area contributed by atoms with Crippen LogP contribution in [0.2, 0.25) is 0 Å². The minimum Gasteiger partial charge on any atom is -0.355 e. The molecule has 0 atom stereocenters. The van der Waals surface area contributed by atoms with Crippen molar-refractivity contribution in [3.05, 3.63) is 52.3 Å². The first-order chi connectivity index (χ1) is 9.52. The van der Waals surface area contributed by atoms with E-state index >= 15 is 0 Å². The smallest absolute Gasteiger partial charge is 0.273 e. The second-order valence-corrected chi connectivity index (χ2v) is 5.12. The lowest BCUT2D eigenvalue weighted by atomic mass is 10.1. The molecule has 1 amide bonds. The number of aromatic amines is 1. The van der Waals surface area contributed by atoms with Crippen LogP contribution in [-0.4, -0.2) is 17.3 Å². The second-order valence-electron chi connectivity index (χ2n) is 4.30. The molecule has 0 bridgehead atoms. The average molecular weight is 289 g/mol. The molecular weight excluding hydrogens is 274 g/mol. The van der Waals surface area contributed by atoms with Gasteiger partial charge in [0.1, 0.15) is 10.6 Å². The Labute approximate surface area is 120 Å². The summed E-state index contributed by atoms with van der Waals surface area (Å²) in [4.78, 5) is 23.3. The molecule has 1 heterocycles. The summed E-state index contributed by atoms with van der Waals surface area (Å²) in [7, 11) is 1.49. The third-order valence-corrected chi connectivity index (χ3v) is 3.59. The maximum absolute atomic E-state index is 11.7. The monoisotopic (exact) mass is 289 g/mol. The molecule has 0 spiro atoms. The number of aromatic nitrogens is 1. The zero-order valence-corrected chi connectivity index (χ0v) is 12.1. The molecule has 0 aliphatic rings. The van der Waals surface area contributed by atoms with Crippen LogP contribution in [0.15, 0.2) is 35.6 Å². The van der Waals surface area contributed by atoms with Gasteiger partial charge in [0, 0.05) is 12.7 Å². The highest BCUT2D eigenvalue weighted by Crippen LogP contribution is 2.23. The Morgan fingerprint density at radius 2 is 1.95 bits per heavy atom. The van der Waals surface area contributed by atoms with Crippen molar-refractivity contribution in [2.45, 2.75) is 6.92 Å². The highest BCUT2D eigenvalue weighted by molar-refractivity contribution is 7.10. The Hall–Kier alpha value is -2.34. The Morgan fingerprint density at radius 1 is 1.30 bits per heavy atom. The molecule has 20 heavy (non-hydrogen) atoms. The fourth-order valence-electron chi connectivity index (χ4n) is 1.69. The van der Waals surface area contributed by atoms with E-state index in [1.54, 1.807) is 0 Å². The van der Waals surface area contributed by atoms with E-state index in [1.807, 2.05) is 31.2 Å². The van der Waals surface area contributed by atoms with Crippen LogP contribution in [0.5, 0.6) is 0 Å². The van der Waals surface area contributed by atoms with Gasteiger partial charge in [-0.2, -0.15) is 0 Å². The van der Waals surface area contributed by atoms with Crippen LogP contribution >= 0.6 is 11.5 Å². The Bertz CT molecular complexity index is 698. The van der Waals surface area contributed by atoms with Crippen molar-refractivity contribution in [2.75, 3.05) is 12.4 Å². The van der Waals surface area contributed by atoms with Crippen molar-refractivity contribution in [2.24, 2.45) is 0 Å². The Balaban J connectivity index is 2.28.